The quantitative estimate of drug-likeness (QED) is 0.744. The molecule has 1 saturated heterocycles. The molecule has 0 unspecified atom stereocenters. The maximum Gasteiger partial charge on any atom is 0.240 e. The van der Waals surface area contributed by atoms with Crippen LogP contribution in [0.5, 0.6) is 5.75 Å². The SMILES string of the molecule is O=C(NC[C@H]1Cc2cc(Cl)cc(-c3ncccn3)c2O1)C1(N2CCOCC2)CCCCC1. The number of carbonyl (C=O) groups excluding carboxylic acids is 1. The number of benzene rings is 1. The molecule has 2 aromatic rings. The third kappa shape index (κ3) is 4.21. The van der Waals surface area contributed by atoms with Crippen molar-refractivity contribution in [3.8, 4) is 17.1 Å². The molecule has 1 amide bonds. The largest absolute Gasteiger partial charge is 0.487 e. The zero-order valence-corrected chi connectivity index (χ0v) is 18.9. The second-order valence-electron chi connectivity index (χ2n) is 8.86. The molecule has 170 valence electrons. The number of nitrogens with one attached hydrogen (secondary N) is 1. The molecule has 3 heterocycles. The molecular weight excluding hydrogens is 428 g/mol. The number of rotatable bonds is 5. The first-order valence-corrected chi connectivity index (χ1v) is 11.9. The Hall–Kier alpha value is -2.22. The monoisotopic (exact) mass is 456 g/mol. The van der Waals surface area contributed by atoms with E-state index in [1.807, 2.05) is 12.1 Å². The number of ether oxygens (including phenoxy) is 2. The van der Waals surface area contributed by atoms with Crippen molar-refractivity contribution >= 4 is 17.5 Å². The zero-order chi connectivity index (χ0) is 22.0. The van der Waals surface area contributed by atoms with Crippen LogP contribution < -0.4 is 10.1 Å². The summed E-state index contributed by atoms with van der Waals surface area (Å²) in [6.45, 7) is 3.49. The predicted octanol–water partition coefficient (Wildman–Crippen LogP) is 3.25. The van der Waals surface area contributed by atoms with Gasteiger partial charge in [-0.25, -0.2) is 9.97 Å². The average molecular weight is 457 g/mol. The Balaban J connectivity index is 1.29. The van der Waals surface area contributed by atoms with Crippen molar-refractivity contribution < 1.29 is 14.3 Å². The van der Waals surface area contributed by atoms with Crippen molar-refractivity contribution in [1.29, 1.82) is 0 Å². The van der Waals surface area contributed by atoms with Crippen LogP contribution in [0.3, 0.4) is 0 Å². The van der Waals surface area contributed by atoms with Crippen LogP contribution in [0.1, 0.15) is 37.7 Å². The molecule has 7 nitrogen and oxygen atoms in total. The zero-order valence-electron chi connectivity index (χ0n) is 18.2. The smallest absolute Gasteiger partial charge is 0.240 e. The van der Waals surface area contributed by atoms with Crippen LogP contribution in [0.15, 0.2) is 30.6 Å². The first-order chi connectivity index (χ1) is 15.7. The summed E-state index contributed by atoms with van der Waals surface area (Å²) in [4.78, 5) is 24.6. The fourth-order valence-electron chi connectivity index (χ4n) is 5.30. The van der Waals surface area contributed by atoms with Gasteiger partial charge in [0.2, 0.25) is 5.91 Å². The van der Waals surface area contributed by atoms with E-state index in [0.717, 1.165) is 55.6 Å². The van der Waals surface area contributed by atoms with Gasteiger partial charge in [-0.3, -0.25) is 9.69 Å². The molecule has 3 aliphatic rings. The number of hydrogen-bond acceptors (Lipinski definition) is 6. The van der Waals surface area contributed by atoms with Crippen molar-refractivity contribution in [2.75, 3.05) is 32.8 Å². The molecule has 1 N–H and O–H groups in total. The van der Waals surface area contributed by atoms with E-state index in [1.54, 1.807) is 18.5 Å². The maximum atomic E-state index is 13.5. The molecule has 2 fully saturated rings. The van der Waals surface area contributed by atoms with Crippen LogP contribution in [0, 0.1) is 0 Å². The lowest BCUT2D eigenvalue weighted by Crippen LogP contribution is -2.62. The lowest BCUT2D eigenvalue weighted by atomic mass is 9.79. The Morgan fingerprint density at radius 3 is 2.66 bits per heavy atom. The Bertz CT molecular complexity index is 959. The molecule has 0 spiro atoms. The normalized spacial score (nSPS) is 22.7. The highest BCUT2D eigenvalue weighted by atomic mass is 35.5. The van der Waals surface area contributed by atoms with Crippen LogP contribution in [0.25, 0.3) is 11.4 Å². The van der Waals surface area contributed by atoms with E-state index >= 15 is 0 Å². The van der Waals surface area contributed by atoms with Gasteiger partial charge in [-0.1, -0.05) is 30.9 Å². The summed E-state index contributed by atoms with van der Waals surface area (Å²) >= 11 is 6.36. The van der Waals surface area contributed by atoms with E-state index in [4.69, 9.17) is 21.1 Å². The summed E-state index contributed by atoms with van der Waals surface area (Å²) in [6, 6.07) is 5.55. The average Bonchev–Trinajstić information content (AvgIpc) is 3.26. The fourth-order valence-corrected chi connectivity index (χ4v) is 5.54. The lowest BCUT2D eigenvalue weighted by Gasteiger charge is -2.46. The molecule has 1 atom stereocenters. The topological polar surface area (TPSA) is 76.6 Å². The van der Waals surface area contributed by atoms with Crippen LogP contribution in [0.4, 0.5) is 0 Å². The van der Waals surface area contributed by atoms with Gasteiger partial charge in [-0.2, -0.15) is 0 Å². The van der Waals surface area contributed by atoms with Gasteiger partial charge in [-0.05, 0) is 31.0 Å². The number of hydrogen-bond donors (Lipinski definition) is 1. The van der Waals surface area contributed by atoms with Crippen molar-refractivity contribution in [3.63, 3.8) is 0 Å². The summed E-state index contributed by atoms with van der Waals surface area (Å²) in [5.41, 5.74) is 1.40. The summed E-state index contributed by atoms with van der Waals surface area (Å²) < 4.78 is 11.8. The highest BCUT2D eigenvalue weighted by Crippen LogP contribution is 2.40. The molecule has 32 heavy (non-hydrogen) atoms. The van der Waals surface area contributed by atoms with Gasteiger partial charge in [0.25, 0.3) is 0 Å². The van der Waals surface area contributed by atoms with Crippen molar-refractivity contribution in [1.82, 2.24) is 20.2 Å². The molecule has 0 radical (unpaired) electrons. The third-order valence-corrected chi connectivity index (χ3v) is 7.10. The van der Waals surface area contributed by atoms with E-state index in [1.165, 1.54) is 6.42 Å². The number of amides is 1. The molecule has 2 aliphatic heterocycles. The molecule has 1 saturated carbocycles. The van der Waals surface area contributed by atoms with Crippen LogP contribution in [0.2, 0.25) is 5.02 Å². The van der Waals surface area contributed by atoms with Gasteiger partial charge in [0.15, 0.2) is 5.82 Å². The highest BCUT2D eigenvalue weighted by Gasteiger charge is 2.45. The Morgan fingerprint density at radius 1 is 1.16 bits per heavy atom. The van der Waals surface area contributed by atoms with E-state index in [2.05, 4.69) is 20.2 Å². The van der Waals surface area contributed by atoms with Crippen molar-refractivity contribution in [2.45, 2.75) is 50.2 Å². The van der Waals surface area contributed by atoms with E-state index in [-0.39, 0.29) is 12.0 Å². The second-order valence-corrected chi connectivity index (χ2v) is 9.30. The minimum Gasteiger partial charge on any atom is -0.487 e. The van der Waals surface area contributed by atoms with Crippen molar-refractivity contribution in [3.05, 3.63) is 41.2 Å². The predicted molar refractivity (Wildman–Crippen MR) is 122 cm³/mol. The first-order valence-electron chi connectivity index (χ1n) is 11.5. The number of carbonyl (C=O) groups is 1. The summed E-state index contributed by atoms with van der Waals surface area (Å²) in [5.74, 6) is 1.48. The highest BCUT2D eigenvalue weighted by molar-refractivity contribution is 6.31. The standard InChI is InChI=1S/C24H29ClN4O3/c25-18-13-17-14-19(32-21(17)20(15-18)22-26-7-4-8-27-22)16-28-23(30)24(5-2-1-3-6-24)29-9-11-31-12-10-29/h4,7-8,13,15,19H,1-3,5-6,9-12,14,16H2,(H,28,30)/t19-/m1/s1. The van der Waals surface area contributed by atoms with Gasteiger partial charge >= 0.3 is 0 Å². The lowest BCUT2D eigenvalue weighted by molar-refractivity contribution is -0.140. The number of fused-ring (bicyclic) bond motifs is 1. The fraction of sp³-hybridized carbons (Fsp3) is 0.542. The first kappa shape index (κ1) is 21.6. The minimum absolute atomic E-state index is 0.128. The molecule has 1 aromatic heterocycles. The van der Waals surface area contributed by atoms with Gasteiger partial charge in [-0.15, -0.1) is 0 Å². The van der Waals surface area contributed by atoms with E-state index in [9.17, 15) is 4.79 Å². The van der Waals surface area contributed by atoms with Gasteiger partial charge in [0, 0.05) is 42.5 Å². The molecule has 5 rings (SSSR count). The molecule has 0 bridgehead atoms. The summed E-state index contributed by atoms with van der Waals surface area (Å²) in [5, 5.41) is 3.86. The molecular formula is C24H29ClN4O3. The Morgan fingerprint density at radius 2 is 1.91 bits per heavy atom. The number of halogens is 1. The summed E-state index contributed by atoms with van der Waals surface area (Å²) in [7, 11) is 0. The second kappa shape index (κ2) is 9.33. The Labute approximate surface area is 193 Å². The molecule has 1 aromatic carbocycles. The van der Waals surface area contributed by atoms with Gasteiger partial charge in [0.05, 0.1) is 25.3 Å². The number of aromatic nitrogens is 2. The molecule has 1 aliphatic carbocycles. The number of morpholine rings is 1. The van der Waals surface area contributed by atoms with E-state index < -0.39 is 5.54 Å². The van der Waals surface area contributed by atoms with Gasteiger partial charge in [0.1, 0.15) is 17.4 Å². The van der Waals surface area contributed by atoms with Gasteiger partial charge < -0.3 is 14.8 Å². The molecule has 8 heteroatoms. The van der Waals surface area contributed by atoms with Crippen molar-refractivity contribution in [2.24, 2.45) is 0 Å². The van der Waals surface area contributed by atoms with Crippen LogP contribution in [-0.4, -0.2) is 65.3 Å². The summed E-state index contributed by atoms with van der Waals surface area (Å²) in [6.07, 6.45) is 9.18. The maximum absolute atomic E-state index is 13.5. The van der Waals surface area contributed by atoms with Crippen LogP contribution >= 0.6 is 11.6 Å². The Kier molecular flexibility index (Phi) is 6.31. The van der Waals surface area contributed by atoms with Crippen LogP contribution in [-0.2, 0) is 16.0 Å². The number of nitrogens with zero attached hydrogens (tertiary/aromatic N) is 3. The van der Waals surface area contributed by atoms with E-state index in [0.29, 0.717) is 37.0 Å². The minimum atomic E-state index is -0.417. The third-order valence-electron chi connectivity index (χ3n) is 6.88.